The molecule has 0 heterocycles. The van der Waals surface area contributed by atoms with Crippen molar-refractivity contribution >= 4 is 14.8 Å². The molecule has 0 saturated heterocycles. The van der Waals surface area contributed by atoms with Crippen molar-refractivity contribution in [2.75, 3.05) is 26.4 Å². The average Bonchev–Trinajstić information content (AvgIpc) is 2.50. The van der Waals surface area contributed by atoms with Gasteiger partial charge < -0.3 is 18.0 Å². The summed E-state index contributed by atoms with van der Waals surface area (Å²) in [5.74, 6) is -0.351. The third-order valence-corrected chi connectivity index (χ3v) is 7.14. The first kappa shape index (κ1) is 22.3. The largest absolute Gasteiger partial charge is 0.504 e. The maximum Gasteiger partial charge on any atom is 0.504 e. The van der Waals surface area contributed by atoms with Crippen molar-refractivity contribution in [3.05, 3.63) is 12.2 Å². The summed E-state index contributed by atoms with van der Waals surface area (Å²) in [4.78, 5) is 11.6. The molecule has 136 valence electrons. The summed E-state index contributed by atoms with van der Waals surface area (Å²) in [7, 11) is -2.78. The topological polar surface area (TPSA) is 54.0 Å². The third kappa shape index (κ3) is 8.10. The lowest BCUT2D eigenvalue weighted by molar-refractivity contribution is -0.139. The first-order valence-electron chi connectivity index (χ1n) is 8.71. The third-order valence-electron chi connectivity index (χ3n) is 3.49. The van der Waals surface area contributed by atoms with Crippen molar-refractivity contribution in [3.8, 4) is 0 Å². The van der Waals surface area contributed by atoms with Crippen LogP contribution < -0.4 is 0 Å². The molecule has 5 nitrogen and oxygen atoms in total. The Morgan fingerprint density at radius 3 is 1.91 bits per heavy atom. The second-order valence-electron chi connectivity index (χ2n) is 5.45. The van der Waals surface area contributed by atoms with Crippen molar-refractivity contribution in [2.45, 2.75) is 65.8 Å². The smallest absolute Gasteiger partial charge is 0.462 e. The Balaban J connectivity index is 5.01. The molecule has 0 rings (SSSR count). The summed E-state index contributed by atoms with van der Waals surface area (Å²) in [5, 5.41) is 0. The van der Waals surface area contributed by atoms with Crippen LogP contribution in [-0.2, 0) is 22.8 Å². The molecular weight excluding hydrogens is 312 g/mol. The Hall–Kier alpha value is -0.693. The molecule has 0 amide bonds. The monoisotopic (exact) mass is 346 g/mol. The number of esters is 1. The van der Waals surface area contributed by atoms with Gasteiger partial charge >= 0.3 is 14.8 Å². The zero-order valence-corrected chi connectivity index (χ0v) is 16.5. The molecular formula is C17H34O5Si. The first-order chi connectivity index (χ1) is 11.0. The molecule has 0 bridgehead atoms. The van der Waals surface area contributed by atoms with Crippen molar-refractivity contribution < 1.29 is 22.8 Å². The number of hydrogen-bond acceptors (Lipinski definition) is 5. The van der Waals surface area contributed by atoms with Gasteiger partial charge in [0.1, 0.15) is 0 Å². The lowest BCUT2D eigenvalue weighted by Crippen LogP contribution is -2.50. The highest BCUT2D eigenvalue weighted by Gasteiger charge is 2.48. The van der Waals surface area contributed by atoms with Crippen LogP contribution in [-0.4, -0.2) is 41.2 Å². The van der Waals surface area contributed by atoms with E-state index in [1.165, 1.54) is 0 Å². The second-order valence-corrected chi connectivity index (χ2v) is 8.34. The van der Waals surface area contributed by atoms with E-state index in [-0.39, 0.29) is 11.5 Å². The number of hydrogen-bond donors (Lipinski definition) is 0. The number of unbranched alkanes of at least 4 members (excludes halogenated alkanes) is 1. The summed E-state index contributed by atoms with van der Waals surface area (Å²) >= 11 is 0. The van der Waals surface area contributed by atoms with E-state index >= 15 is 0 Å². The van der Waals surface area contributed by atoms with E-state index in [1.54, 1.807) is 6.92 Å². The van der Waals surface area contributed by atoms with Crippen LogP contribution in [0.3, 0.4) is 0 Å². The van der Waals surface area contributed by atoms with Gasteiger partial charge in [-0.2, -0.15) is 0 Å². The SMILES string of the molecule is C=C(C)C(=O)OCCC(CCCC)[Si](OCC)(OCC)OCC. The predicted octanol–water partition coefficient (Wildman–Crippen LogP) is 4.10. The fraction of sp³-hybridized carbons (Fsp3) is 0.824. The Morgan fingerprint density at radius 2 is 1.52 bits per heavy atom. The van der Waals surface area contributed by atoms with Gasteiger partial charge in [-0.25, -0.2) is 4.79 Å². The maximum atomic E-state index is 11.6. The number of carbonyl (C=O) groups excluding carboxylic acids is 1. The summed E-state index contributed by atoms with van der Waals surface area (Å²) < 4.78 is 23.3. The van der Waals surface area contributed by atoms with Crippen molar-refractivity contribution in [2.24, 2.45) is 0 Å². The molecule has 0 fully saturated rings. The standard InChI is InChI=1S/C17H34O5Si/c1-7-11-12-16(13-14-19-17(18)15(5)6)23(20-8-2,21-9-3)22-10-4/h16H,5,7-14H2,1-4,6H3. The molecule has 0 radical (unpaired) electrons. The van der Waals surface area contributed by atoms with E-state index in [9.17, 15) is 4.79 Å². The van der Waals surface area contributed by atoms with Gasteiger partial charge in [0.05, 0.1) is 6.61 Å². The Kier molecular flexibility index (Phi) is 12.3. The quantitative estimate of drug-likeness (QED) is 0.269. The minimum Gasteiger partial charge on any atom is -0.462 e. The molecule has 0 aliphatic carbocycles. The Bertz CT molecular complexity index is 329. The second kappa shape index (κ2) is 12.7. The van der Waals surface area contributed by atoms with E-state index in [2.05, 4.69) is 13.5 Å². The summed E-state index contributed by atoms with van der Waals surface area (Å²) in [6, 6.07) is 0. The molecule has 0 aliphatic rings. The Morgan fingerprint density at radius 1 is 1.00 bits per heavy atom. The first-order valence-corrected chi connectivity index (χ1v) is 10.5. The van der Waals surface area contributed by atoms with E-state index in [0.717, 1.165) is 19.3 Å². The number of carbonyl (C=O) groups is 1. The Labute approximate surface area is 142 Å². The fourth-order valence-corrected chi connectivity index (χ4v) is 5.64. The average molecular weight is 347 g/mol. The zero-order valence-electron chi connectivity index (χ0n) is 15.5. The van der Waals surface area contributed by atoms with Gasteiger partial charge in [-0.15, -0.1) is 0 Å². The summed E-state index contributed by atoms with van der Waals surface area (Å²) in [5.41, 5.74) is 0.554. The molecule has 0 N–H and O–H groups in total. The van der Waals surface area contributed by atoms with Crippen LogP contribution in [0.4, 0.5) is 0 Å². The highest BCUT2D eigenvalue weighted by atomic mass is 28.4. The molecule has 0 aromatic rings. The number of rotatable bonds is 14. The minimum atomic E-state index is -2.78. The van der Waals surface area contributed by atoms with Gasteiger partial charge in [-0.1, -0.05) is 26.3 Å². The van der Waals surface area contributed by atoms with Crippen LogP contribution in [0.5, 0.6) is 0 Å². The van der Waals surface area contributed by atoms with E-state index < -0.39 is 8.80 Å². The van der Waals surface area contributed by atoms with Crippen LogP contribution >= 0.6 is 0 Å². The molecule has 23 heavy (non-hydrogen) atoms. The van der Waals surface area contributed by atoms with Crippen LogP contribution in [0, 0.1) is 0 Å². The maximum absolute atomic E-state index is 11.6. The van der Waals surface area contributed by atoms with Gasteiger partial charge in [0.2, 0.25) is 0 Å². The minimum absolute atomic E-state index is 0.139. The van der Waals surface area contributed by atoms with Crippen LogP contribution in [0.15, 0.2) is 12.2 Å². The van der Waals surface area contributed by atoms with Crippen molar-refractivity contribution in [1.82, 2.24) is 0 Å². The zero-order chi connectivity index (χ0) is 17.7. The number of ether oxygens (including phenoxy) is 1. The highest BCUT2D eigenvalue weighted by molar-refractivity contribution is 6.62. The lowest BCUT2D eigenvalue weighted by atomic mass is 10.1. The van der Waals surface area contributed by atoms with Crippen LogP contribution in [0.25, 0.3) is 0 Å². The summed E-state index contributed by atoms with van der Waals surface area (Å²) in [6.45, 7) is 15.3. The van der Waals surface area contributed by atoms with E-state index in [0.29, 0.717) is 38.4 Å². The molecule has 0 spiro atoms. The van der Waals surface area contributed by atoms with Gasteiger partial charge in [-0.05, 0) is 40.5 Å². The molecule has 0 aromatic heterocycles. The van der Waals surface area contributed by atoms with Crippen molar-refractivity contribution in [1.29, 1.82) is 0 Å². The molecule has 1 atom stereocenters. The van der Waals surface area contributed by atoms with Crippen LogP contribution in [0.1, 0.15) is 60.3 Å². The van der Waals surface area contributed by atoms with Crippen molar-refractivity contribution in [3.63, 3.8) is 0 Å². The predicted molar refractivity (Wildman–Crippen MR) is 94.3 cm³/mol. The molecule has 0 saturated carbocycles. The summed E-state index contributed by atoms with van der Waals surface area (Å²) in [6.07, 6.45) is 3.80. The van der Waals surface area contributed by atoms with E-state index in [4.69, 9.17) is 18.0 Å². The fourth-order valence-electron chi connectivity index (χ4n) is 2.45. The van der Waals surface area contributed by atoms with Gasteiger partial charge in [0, 0.05) is 30.9 Å². The molecule has 0 aliphatic heterocycles. The molecule has 1 unspecified atom stereocenters. The van der Waals surface area contributed by atoms with E-state index in [1.807, 2.05) is 20.8 Å². The van der Waals surface area contributed by atoms with Gasteiger partial charge in [-0.3, -0.25) is 0 Å². The van der Waals surface area contributed by atoms with Crippen LogP contribution in [0.2, 0.25) is 5.54 Å². The highest BCUT2D eigenvalue weighted by Crippen LogP contribution is 2.34. The van der Waals surface area contributed by atoms with Gasteiger partial charge in [0.25, 0.3) is 0 Å². The van der Waals surface area contributed by atoms with Gasteiger partial charge in [0.15, 0.2) is 0 Å². The molecule has 6 heteroatoms. The normalized spacial score (nSPS) is 12.9. The lowest BCUT2D eigenvalue weighted by Gasteiger charge is -2.35. The molecule has 0 aromatic carbocycles.